The van der Waals surface area contributed by atoms with Crippen LogP contribution in [0.1, 0.15) is 86.7 Å². The first-order chi connectivity index (χ1) is 25.0. The van der Waals surface area contributed by atoms with Gasteiger partial charge in [-0.15, -0.1) is 0 Å². The quantitative estimate of drug-likeness (QED) is 0.326. The molecule has 2 bridgehead atoms. The van der Waals surface area contributed by atoms with E-state index in [1.165, 1.54) is 30.4 Å². The SMILES string of the molecule is CCN1C[C@H]2COC[C@@H](C1)CN(C(=O)[C@]13C[C@H]1Cc1cc(OC)ccc1-c1c(C4CCCCC4)c4ccc(C(=O)NS(=O)(=O)C(C)C)cc4n1C3)C2. The average Bonchev–Trinajstić information content (AvgIpc) is 3.69. The van der Waals surface area contributed by atoms with Gasteiger partial charge in [-0.25, -0.2) is 13.1 Å². The van der Waals surface area contributed by atoms with E-state index in [0.29, 0.717) is 44.3 Å². The van der Waals surface area contributed by atoms with Crippen LogP contribution in [-0.2, 0) is 32.5 Å². The van der Waals surface area contributed by atoms with Gasteiger partial charge >= 0.3 is 0 Å². The molecule has 0 spiro atoms. The monoisotopic (exact) mass is 730 g/mol. The maximum Gasteiger partial charge on any atom is 0.264 e. The van der Waals surface area contributed by atoms with Crippen LogP contribution in [0.4, 0.5) is 0 Å². The van der Waals surface area contributed by atoms with Crippen molar-refractivity contribution in [2.75, 3.05) is 53.0 Å². The summed E-state index contributed by atoms with van der Waals surface area (Å²) in [5.74, 6) is 1.47. The Balaban J connectivity index is 1.28. The number of aromatic nitrogens is 1. The second-order valence-corrected chi connectivity index (χ2v) is 18.8. The van der Waals surface area contributed by atoms with Crippen molar-refractivity contribution in [2.45, 2.75) is 83.4 Å². The van der Waals surface area contributed by atoms with E-state index in [1.807, 2.05) is 18.2 Å². The molecule has 2 saturated carbocycles. The van der Waals surface area contributed by atoms with Gasteiger partial charge in [0, 0.05) is 66.6 Å². The Morgan fingerprint density at radius 3 is 2.40 bits per heavy atom. The van der Waals surface area contributed by atoms with Gasteiger partial charge in [0.1, 0.15) is 5.75 Å². The third-order valence-electron chi connectivity index (χ3n) is 12.8. The first-order valence-electron chi connectivity index (χ1n) is 19.5. The first-order valence-corrected chi connectivity index (χ1v) is 21.0. The highest BCUT2D eigenvalue weighted by Gasteiger charge is 2.62. The first kappa shape index (κ1) is 35.6. The van der Waals surface area contributed by atoms with Crippen molar-refractivity contribution in [3.8, 4) is 17.0 Å². The number of sulfonamides is 1. The second-order valence-electron chi connectivity index (χ2n) is 16.6. The highest BCUT2D eigenvalue weighted by molar-refractivity contribution is 7.90. The van der Waals surface area contributed by atoms with Crippen LogP contribution in [0, 0.1) is 23.2 Å². The number of hydrogen-bond acceptors (Lipinski definition) is 7. The molecule has 0 unspecified atom stereocenters. The minimum atomic E-state index is -3.82. The standard InChI is InChI=1S/C41H54N4O6S/c1-5-43-19-27-21-44(22-28(20-43)24-51-23-27)40(47)41-18-32(41)15-31-16-33(50-4)12-14-34(31)38-37(29-9-7-6-8-10-29)35-13-11-30(17-36(35)45(38)25-41)39(46)42-52(48,49)26(2)3/h11-14,16-17,26-29,32H,5-10,15,18-25H2,1-4H3,(H,42,46)/t27-,28+,32-,41+/m1/s1. The van der Waals surface area contributed by atoms with Crippen LogP contribution >= 0.6 is 0 Å². The Morgan fingerprint density at radius 1 is 1.00 bits per heavy atom. The molecule has 6 aliphatic rings. The molecule has 4 aliphatic heterocycles. The number of methoxy groups -OCH3 is 1. The van der Waals surface area contributed by atoms with Crippen LogP contribution in [-0.4, -0.2) is 92.9 Å². The summed E-state index contributed by atoms with van der Waals surface area (Å²) in [6, 6.07) is 12.0. The van der Waals surface area contributed by atoms with Crippen molar-refractivity contribution in [1.82, 2.24) is 19.1 Å². The van der Waals surface area contributed by atoms with E-state index in [1.54, 1.807) is 27.0 Å². The van der Waals surface area contributed by atoms with E-state index in [0.717, 1.165) is 73.2 Å². The van der Waals surface area contributed by atoms with Crippen molar-refractivity contribution in [3.05, 3.63) is 53.1 Å². The molecule has 5 heterocycles. The van der Waals surface area contributed by atoms with E-state index < -0.39 is 26.6 Å². The number of amides is 2. The lowest BCUT2D eigenvalue weighted by molar-refractivity contribution is -0.143. The largest absolute Gasteiger partial charge is 0.497 e. The number of fused-ring (bicyclic) bond motifs is 12. The molecule has 2 aromatic carbocycles. The van der Waals surface area contributed by atoms with Crippen LogP contribution in [0.5, 0.6) is 5.75 Å². The van der Waals surface area contributed by atoms with Crippen LogP contribution in [0.15, 0.2) is 36.4 Å². The molecule has 1 N–H and O–H groups in total. The minimum Gasteiger partial charge on any atom is -0.497 e. The van der Waals surface area contributed by atoms with Gasteiger partial charge in [-0.2, -0.15) is 0 Å². The Morgan fingerprint density at radius 2 is 1.73 bits per heavy atom. The number of hydrogen-bond donors (Lipinski definition) is 1. The summed E-state index contributed by atoms with van der Waals surface area (Å²) in [4.78, 5) is 33.5. The second kappa shape index (κ2) is 13.8. The van der Waals surface area contributed by atoms with E-state index in [2.05, 4.69) is 38.1 Å². The molecule has 3 saturated heterocycles. The van der Waals surface area contributed by atoms with E-state index in [9.17, 15) is 13.2 Å². The van der Waals surface area contributed by atoms with Gasteiger partial charge in [-0.05, 0) is 99.4 Å². The molecule has 4 atom stereocenters. The highest BCUT2D eigenvalue weighted by atomic mass is 32.2. The van der Waals surface area contributed by atoms with Crippen molar-refractivity contribution < 1.29 is 27.5 Å². The third-order valence-corrected chi connectivity index (χ3v) is 14.5. The van der Waals surface area contributed by atoms with Crippen molar-refractivity contribution in [3.63, 3.8) is 0 Å². The average molecular weight is 731 g/mol. The number of rotatable bonds is 7. The zero-order chi connectivity index (χ0) is 36.4. The van der Waals surface area contributed by atoms with Gasteiger partial charge in [-0.3, -0.25) is 9.59 Å². The molecule has 280 valence electrons. The Labute approximate surface area is 308 Å². The lowest BCUT2D eigenvalue weighted by Gasteiger charge is -2.42. The fraction of sp³-hybridized carbons (Fsp3) is 0.610. The van der Waals surface area contributed by atoms with Gasteiger partial charge in [0.05, 0.1) is 36.7 Å². The minimum absolute atomic E-state index is 0.172. The van der Waals surface area contributed by atoms with Crippen LogP contribution in [0.25, 0.3) is 22.2 Å². The number of carbonyl (C=O) groups excluding carboxylic acids is 2. The molecule has 0 radical (unpaired) electrons. The molecule has 52 heavy (non-hydrogen) atoms. The molecule has 5 fully saturated rings. The number of nitrogens with one attached hydrogen (secondary N) is 1. The fourth-order valence-electron chi connectivity index (χ4n) is 9.87. The van der Waals surface area contributed by atoms with E-state index in [-0.39, 0.29) is 23.7 Å². The summed E-state index contributed by atoms with van der Waals surface area (Å²) in [7, 11) is -2.12. The van der Waals surface area contributed by atoms with E-state index >= 15 is 4.79 Å². The van der Waals surface area contributed by atoms with Crippen molar-refractivity contribution >= 4 is 32.7 Å². The van der Waals surface area contributed by atoms with Crippen LogP contribution < -0.4 is 9.46 Å². The molecular weight excluding hydrogens is 677 g/mol. The summed E-state index contributed by atoms with van der Waals surface area (Å²) in [5, 5.41) is 0.350. The zero-order valence-corrected chi connectivity index (χ0v) is 32.0. The summed E-state index contributed by atoms with van der Waals surface area (Å²) in [6.45, 7) is 11.5. The lowest BCUT2D eigenvalue weighted by Crippen LogP contribution is -2.54. The normalized spacial score (nSPS) is 26.7. The van der Waals surface area contributed by atoms with Crippen LogP contribution in [0.2, 0.25) is 0 Å². The molecule has 9 rings (SSSR count). The zero-order valence-electron chi connectivity index (χ0n) is 31.2. The van der Waals surface area contributed by atoms with Gasteiger partial charge in [-0.1, -0.05) is 32.3 Å². The van der Waals surface area contributed by atoms with E-state index in [4.69, 9.17) is 9.47 Å². The number of nitrogens with zero attached hydrogens (tertiary/aromatic N) is 3. The molecule has 2 amide bonds. The Bertz CT molecular complexity index is 1970. The molecule has 3 aromatic rings. The van der Waals surface area contributed by atoms with Gasteiger partial charge in [0.15, 0.2) is 0 Å². The predicted molar refractivity (Wildman–Crippen MR) is 202 cm³/mol. The summed E-state index contributed by atoms with van der Waals surface area (Å²) >= 11 is 0. The molecule has 1 aromatic heterocycles. The van der Waals surface area contributed by atoms with Gasteiger partial charge in [0.25, 0.3) is 5.91 Å². The smallest absolute Gasteiger partial charge is 0.264 e. The number of carbonyl (C=O) groups is 2. The highest BCUT2D eigenvalue weighted by Crippen LogP contribution is 2.60. The number of benzene rings is 2. The molecule has 2 aliphatic carbocycles. The topological polar surface area (TPSA) is 110 Å². The van der Waals surface area contributed by atoms with Crippen molar-refractivity contribution in [1.29, 1.82) is 0 Å². The molecular formula is C41H54N4O6S. The van der Waals surface area contributed by atoms with Gasteiger partial charge in [0.2, 0.25) is 15.9 Å². The Kier molecular flexibility index (Phi) is 9.44. The third kappa shape index (κ3) is 6.34. The van der Waals surface area contributed by atoms with Gasteiger partial charge < -0.3 is 23.8 Å². The summed E-state index contributed by atoms with van der Waals surface area (Å²) in [6.07, 6.45) is 7.35. The maximum atomic E-state index is 15.2. The molecule has 11 heteroatoms. The fourth-order valence-corrected chi connectivity index (χ4v) is 10.5. The predicted octanol–water partition coefficient (Wildman–Crippen LogP) is 5.82. The number of ether oxygens (including phenoxy) is 2. The summed E-state index contributed by atoms with van der Waals surface area (Å²) in [5.41, 5.74) is 5.40. The molecule has 10 nitrogen and oxygen atoms in total. The maximum absolute atomic E-state index is 15.2. The lowest BCUT2D eigenvalue weighted by atomic mass is 9.80. The van der Waals surface area contributed by atoms with Crippen molar-refractivity contribution in [2.24, 2.45) is 23.2 Å². The van der Waals surface area contributed by atoms with Crippen LogP contribution in [0.3, 0.4) is 0 Å². The Hall–Kier alpha value is -3.41. The summed E-state index contributed by atoms with van der Waals surface area (Å²) < 4.78 is 42.0.